The summed E-state index contributed by atoms with van der Waals surface area (Å²) in [5, 5.41) is 7.61. The zero-order valence-corrected chi connectivity index (χ0v) is 17.9. The predicted octanol–water partition coefficient (Wildman–Crippen LogP) is 3.19. The minimum Gasteiger partial charge on any atom is -0.356 e. The van der Waals surface area contributed by atoms with Gasteiger partial charge in [0, 0.05) is 56.5 Å². The second-order valence-corrected chi connectivity index (χ2v) is 9.09. The molecule has 0 bridgehead atoms. The van der Waals surface area contributed by atoms with E-state index in [2.05, 4.69) is 37.3 Å². The van der Waals surface area contributed by atoms with Crippen molar-refractivity contribution in [1.29, 1.82) is 0 Å². The van der Waals surface area contributed by atoms with Crippen LogP contribution in [0.15, 0.2) is 23.3 Å². The lowest BCUT2D eigenvalue weighted by molar-refractivity contribution is 0.0626. The molecule has 27 heavy (non-hydrogen) atoms. The van der Waals surface area contributed by atoms with E-state index in [1.54, 1.807) is 0 Å². The Morgan fingerprint density at radius 1 is 1.22 bits per heavy atom. The lowest BCUT2D eigenvalue weighted by Crippen LogP contribution is -2.59. The van der Waals surface area contributed by atoms with Crippen LogP contribution in [-0.4, -0.2) is 66.1 Å². The van der Waals surface area contributed by atoms with E-state index in [0.717, 1.165) is 25.5 Å². The van der Waals surface area contributed by atoms with Crippen molar-refractivity contribution in [2.24, 2.45) is 4.99 Å². The SMILES string of the molecule is CN=C(NCCc1ccc(Cl)nc1)NCC1(N2CCSCC2)CCCCC1. The van der Waals surface area contributed by atoms with E-state index < -0.39 is 0 Å². The van der Waals surface area contributed by atoms with Crippen LogP contribution in [0.5, 0.6) is 0 Å². The van der Waals surface area contributed by atoms with Crippen molar-refractivity contribution >= 4 is 29.3 Å². The fourth-order valence-corrected chi connectivity index (χ4v) is 5.22. The van der Waals surface area contributed by atoms with E-state index >= 15 is 0 Å². The molecule has 2 N–H and O–H groups in total. The van der Waals surface area contributed by atoms with Crippen LogP contribution in [0.25, 0.3) is 0 Å². The van der Waals surface area contributed by atoms with E-state index in [-0.39, 0.29) is 0 Å². The Kier molecular flexibility index (Phi) is 8.09. The molecule has 2 heterocycles. The van der Waals surface area contributed by atoms with Crippen LogP contribution >= 0.6 is 23.4 Å². The van der Waals surface area contributed by atoms with E-state index in [9.17, 15) is 0 Å². The number of aliphatic imine (C=N–C) groups is 1. The van der Waals surface area contributed by atoms with Gasteiger partial charge in [-0.2, -0.15) is 11.8 Å². The van der Waals surface area contributed by atoms with Gasteiger partial charge in [-0.05, 0) is 30.9 Å². The Labute approximate surface area is 172 Å². The van der Waals surface area contributed by atoms with Gasteiger partial charge >= 0.3 is 0 Å². The number of guanidine groups is 1. The highest BCUT2D eigenvalue weighted by molar-refractivity contribution is 7.99. The summed E-state index contributed by atoms with van der Waals surface area (Å²) < 4.78 is 0. The number of hydrogen-bond acceptors (Lipinski definition) is 4. The molecule has 0 spiro atoms. The van der Waals surface area contributed by atoms with Crippen LogP contribution in [0.3, 0.4) is 0 Å². The summed E-state index contributed by atoms with van der Waals surface area (Å²) in [5.74, 6) is 3.43. The fourth-order valence-electron chi connectivity index (χ4n) is 4.20. The van der Waals surface area contributed by atoms with Crippen molar-refractivity contribution in [3.8, 4) is 0 Å². The Hall–Kier alpha value is -0.980. The number of nitrogens with one attached hydrogen (secondary N) is 2. The first kappa shape index (κ1) is 20.7. The topological polar surface area (TPSA) is 52.6 Å². The zero-order valence-electron chi connectivity index (χ0n) is 16.3. The maximum absolute atomic E-state index is 5.85. The molecule has 2 aliphatic rings. The number of thioether (sulfide) groups is 1. The Morgan fingerprint density at radius 3 is 2.67 bits per heavy atom. The molecule has 150 valence electrons. The molecule has 1 aliphatic carbocycles. The summed E-state index contributed by atoms with van der Waals surface area (Å²) in [6.07, 6.45) is 9.43. The van der Waals surface area contributed by atoms with Crippen molar-refractivity contribution in [1.82, 2.24) is 20.5 Å². The summed E-state index contributed by atoms with van der Waals surface area (Å²) in [6.45, 7) is 4.26. The Balaban J connectivity index is 1.50. The van der Waals surface area contributed by atoms with Crippen molar-refractivity contribution in [3.63, 3.8) is 0 Å². The summed E-state index contributed by atoms with van der Waals surface area (Å²) in [5.41, 5.74) is 1.48. The van der Waals surface area contributed by atoms with Crippen LogP contribution < -0.4 is 10.6 Å². The van der Waals surface area contributed by atoms with Crippen molar-refractivity contribution in [2.75, 3.05) is 44.7 Å². The van der Waals surface area contributed by atoms with E-state index in [1.807, 2.05) is 25.4 Å². The van der Waals surface area contributed by atoms with Crippen LogP contribution in [0.1, 0.15) is 37.7 Å². The maximum atomic E-state index is 5.85. The number of rotatable bonds is 6. The van der Waals surface area contributed by atoms with Gasteiger partial charge in [0.05, 0.1) is 0 Å². The van der Waals surface area contributed by atoms with Gasteiger partial charge in [-0.1, -0.05) is 36.9 Å². The van der Waals surface area contributed by atoms with Crippen LogP contribution in [0.2, 0.25) is 5.15 Å². The van der Waals surface area contributed by atoms with Gasteiger partial charge < -0.3 is 10.6 Å². The minimum atomic E-state index is 0.303. The highest BCUT2D eigenvalue weighted by Crippen LogP contribution is 2.34. The summed E-state index contributed by atoms with van der Waals surface area (Å²) >= 11 is 7.94. The molecule has 0 amide bonds. The normalized spacial score (nSPS) is 21.0. The second-order valence-electron chi connectivity index (χ2n) is 7.48. The van der Waals surface area contributed by atoms with E-state index in [1.165, 1.54) is 62.3 Å². The molecular weight excluding hydrogens is 378 g/mol. The molecule has 0 aromatic carbocycles. The lowest BCUT2D eigenvalue weighted by Gasteiger charge is -2.48. The molecular formula is C20H32ClN5S. The predicted molar refractivity (Wildman–Crippen MR) is 117 cm³/mol. The maximum Gasteiger partial charge on any atom is 0.191 e. The lowest BCUT2D eigenvalue weighted by atomic mass is 9.80. The first-order valence-corrected chi connectivity index (χ1v) is 11.6. The highest BCUT2D eigenvalue weighted by atomic mass is 35.5. The van der Waals surface area contributed by atoms with Gasteiger partial charge in [0.25, 0.3) is 0 Å². The van der Waals surface area contributed by atoms with Gasteiger partial charge in [0.2, 0.25) is 0 Å². The second kappa shape index (κ2) is 10.5. The average Bonchev–Trinajstić information content (AvgIpc) is 2.73. The fraction of sp³-hybridized carbons (Fsp3) is 0.700. The number of hydrogen-bond donors (Lipinski definition) is 2. The third-order valence-electron chi connectivity index (χ3n) is 5.77. The Morgan fingerprint density at radius 2 is 2.00 bits per heavy atom. The third kappa shape index (κ3) is 6.00. The van der Waals surface area contributed by atoms with Crippen LogP contribution in [-0.2, 0) is 6.42 Å². The minimum absolute atomic E-state index is 0.303. The molecule has 1 aromatic heterocycles. The van der Waals surface area contributed by atoms with Crippen LogP contribution in [0, 0.1) is 0 Å². The first-order valence-electron chi connectivity index (χ1n) is 10.1. The average molecular weight is 410 g/mol. The van der Waals surface area contributed by atoms with Gasteiger partial charge in [-0.15, -0.1) is 0 Å². The van der Waals surface area contributed by atoms with Crippen LogP contribution in [0.4, 0.5) is 0 Å². The van der Waals surface area contributed by atoms with Crippen molar-refractivity contribution in [2.45, 2.75) is 44.1 Å². The summed E-state index contributed by atoms with van der Waals surface area (Å²) in [4.78, 5) is 11.3. The van der Waals surface area contributed by atoms with E-state index in [0.29, 0.717) is 10.7 Å². The molecule has 1 saturated carbocycles. The van der Waals surface area contributed by atoms with Gasteiger partial charge in [0.1, 0.15) is 5.15 Å². The third-order valence-corrected chi connectivity index (χ3v) is 6.94. The van der Waals surface area contributed by atoms with Gasteiger partial charge in [-0.25, -0.2) is 4.98 Å². The molecule has 2 fully saturated rings. The molecule has 7 heteroatoms. The molecule has 0 unspecified atom stereocenters. The summed E-state index contributed by atoms with van der Waals surface area (Å²) in [7, 11) is 1.85. The summed E-state index contributed by atoms with van der Waals surface area (Å²) in [6, 6.07) is 3.87. The monoisotopic (exact) mass is 409 g/mol. The molecule has 1 aliphatic heterocycles. The number of nitrogens with zero attached hydrogens (tertiary/aromatic N) is 3. The molecule has 0 radical (unpaired) electrons. The number of pyridine rings is 1. The largest absolute Gasteiger partial charge is 0.356 e. The quantitative estimate of drug-likeness (QED) is 0.429. The molecule has 1 aromatic rings. The standard InChI is InChI=1S/C20H32ClN5S/c1-22-19(23-10-7-17-5-6-18(21)24-15-17)25-16-20(8-3-2-4-9-20)26-11-13-27-14-12-26/h5-6,15H,2-4,7-14,16H2,1H3,(H2,22,23,25). The molecule has 5 nitrogen and oxygen atoms in total. The number of halogens is 1. The molecule has 3 rings (SSSR count). The Bertz CT molecular complexity index is 595. The first-order chi connectivity index (χ1) is 13.2. The van der Waals surface area contributed by atoms with Crippen molar-refractivity contribution < 1.29 is 0 Å². The smallest absolute Gasteiger partial charge is 0.191 e. The zero-order chi connectivity index (χ0) is 19.0. The van der Waals surface area contributed by atoms with Gasteiger partial charge in [0.15, 0.2) is 5.96 Å². The van der Waals surface area contributed by atoms with E-state index in [4.69, 9.17) is 11.6 Å². The van der Waals surface area contributed by atoms with Crippen molar-refractivity contribution in [3.05, 3.63) is 29.0 Å². The highest BCUT2D eigenvalue weighted by Gasteiger charge is 2.38. The number of aromatic nitrogens is 1. The van der Waals surface area contributed by atoms with Gasteiger partial charge in [-0.3, -0.25) is 9.89 Å². The molecule has 0 atom stereocenters. The molecule has 1 saturated heterocycles.